The van der Waals surface area contributed by atoms with Crippen LogP contribution in [0.4, 0.5) is 0 Å². The third kappa shape index (κ3) is 3.75. The van der Waals surface area contributed by atoms with Crippen LogP contribution in [-0.4, -0.2) is 36.9 Å². The van der Waals surface area contributed by atoms with Crippen molar-refractivity contribution in [2.75, 3.05) is 5.75 Å². The lowest BCUT2D eigenvalue weighted by molar-refractivity contribution is -0.119. The highest BCUT2D eigenvalue weighted by Crippen LogP contribution is 2.21. The zero-order chi connectivity index (χ0) is 19.6. The summed E-state index contributed by atoms with van der Waals surface area (Å²) in [5, 5.41) is 12.5. The van der Waals surface area contributed by atoms with Crippen LogP contribution in [0.1, 0.15) is 20.8 Å². The third-order valence-electron chi connectivity index (χ3n) is 4.51. The van der Waals surface area contributed by atoms with Crippen LogP contribution in [0.5, 0.6) is 0 Å². The van der Waals surface area contributed by atoms with Gasteiger partial charge in [0, 0.05) is 12.6 Å². The molecule has 1 amide bonds. The van der Waals surface area contributed by atoms with E-state index in [-0.39, 0.29) is 23.3 Å². The van der Waals surface area contributed by atoms with Gasteiger partial charge in [0.05, 0.1) is 16.7 Å². The van der Waals surface area contributed by atoms with Gasteiger partial charge in [-0.05, 0) is 25.0 Å². The Labute approximate surface area is 161 Å². The van der Waals surface area contributed by atoms with Crippen LogP contribution in [0.15, 0.2) is 46.9 Å². The first-order chi connectivity index (χ1) is 12.9. The highest BCUT2D eigenvalue weighted by molar-refractivity contribution is 7.99. The van der Waals surface area contributed by atoms with Gasteiger partial charge < -0.3 is 5.32 Å². The maximum Gasteiger partial charge on any atom is 0.263 e. The number of hydrogen-bond donors (Lipinski definition) is 1. The zero-order valence-corrected chi connectivity index (χ0v) is 16.5. The van der Waals surface area contributed by atoms with E-state index >= 15 is 0 Å². The Morgan fingerprint density at radius 3 is 2.74 bits per heavy atom. The molecule has 0 saturated carbocycles. The predicted octanol–water partition coefficient (Wildman–Crippen LogP) is 2.48. The van der Waals surface area contributed by atoms with Crippen molar-refractivity contribution in [3.05, 3.63) is 47.3 Å². The van der Waals surface area contributed by atoms with Crippen LogP contribution in [0.2, 0.25) is 0 Å². The van der Waals surface area contributed by atoms with Crippen LogP contribution in [0.25, 0.3) is 16.7 Å². The molecule has 0 aliphatic heterocycles. The largest absolute Gasteiger partial charge is 0.353 e. The molecule has 8 heteroatoms. The van der Waals surface area contributed by atoms with Crippen LogP contribution < -0.4 is 10.9 Å². The summed E-state index contributed by atoms with van der Waals surface area (Å²) < 4.78 is 3.36. The summed E-state index contributed by atoms with van der Waals surface area (Å²) in [7, 11) is 0. The SMILES string of the molecule is C=CCn1c(=O)c2ccccc2n2c(SCC(=O)N[C@@H](C)C(C)C)nnc12. The molecule has 0 aliphatic carbocycles. The predicted molar refractivity (Wildman–Crippen MR) is 108 cm³/mol. The third-order valence-corrected chi connectivity index (χ3v) is 5.44. The second-order valence-corrected chi connectivity index (χ2v) is 7.67. The summed E-state index contributed by atoms with van der Waals surface area (Å²) in [6.45, 7) is 10.2. The van der Waals surface area contributed by atoms with Crippen molar-refractivity contribution in [1.82, 2.24) is 24.5 Å². The van der Waals surface area contributed by atoms with E-state index < -0.39 is 0 Å². The number of carbonyl (C=O) groups is 1. The van der Waals surface area contributed by atoms with Gasteiger partial charge in [-0.3, -0.25) is 18.6 Å². The van der Waals surface area contributed by atoms with Crippen LogP contribution in [0, 0.1) is 5.92 Å². The molecule has 2 heterocycles. The van der Waals surface area contributed by atoms with E-state index in [1.807, 2.05) is 29.5 Å². The molecule has 7 nitrogen and oxygen atoms in total. The van der Waals surface area contributed by atoms with Crippen LogP contribution >= 0.6 is 11.8 Å². The molecule has 0 radical (unpaired) electrons. The van der Waals surface area contributed by atoms with Crippen molar-refractivity contribution in [1.29, 1.82) is 0 Å². The Morgan fingerprint density at radius 2 is 2.04 bits per heavy atom. The van der Waals surface area contributed by atoms with E-state index in [2.05, 4.69) is 35.9 Å². The minimum Gasteiger partial charge on any atom is -0.353 e. The first kappa shape index (κ1) is 19.2. The van der Waals surface area contributed by atoms with Gasteiger partial charge in [-0.1, -0.05) is 43.8 Å². The summed E-state index contributed by atoms with van der Waals surface area (Å²) >= 11 is 1.30. The summed E-state index contributed by atoms with van der Waals surface area (Å²) in [5.74, 6) is 0.983. The standard InChI is InChI=1S/C19H23N5O2S/c1-5-10-23-17(26)14-8-6-7-9-15(14)24-18(23)21-22-19(24)27-11-16(25)20-13(4)12(2)3/h5-9,12-13H,1,10-11H2,2-4H3,(H,20,25)/t13-/m0/s1. The zero-order valence-electron chi connectivity index (χ0n) is 15.7. The van der Waals surface area contributed by atoms with Gasteiger partial charge in [-0.15, -0.1) is 16.8 Å². The van der Waals surface area contributed by atoms with Crippen LogP contribution in [0.3, 0.4) is 0 Å². The fraction of sp³-hybridized carbons (Fsp3) is 0.368. The molecule has 0 aliphatic rings. The number of fused-ring (bicyclic) bond motifs is 3. The number of aromatic nitrogens is 4. The van der Waals surface area contributed by atoms with Crippen LogP contribution in [-0.2, 0) is 11.3 Å². The Hall–Kier alpha value is -2.61. The number of hydrogen-bond acceptors (Lipinski definition) is 5. The molecule has 1 N–H and O–H groups in total. The molecular weight excluding hydrogens is 362 g/mol. The molecule has 0 saturated heterocycles. The van der Waals surface area contributed by atoms with Crippen molar-refractivity contribution in [3.8, 4) is 0 Å². The van der Waals surface area contributed by atoms with Gasteiger partial charge in [-0.25, -0.2) is 0 Å². The maximum atomic E-state index is 12.8. The number of nitrogens with one attached hydrogen (secondary N) is 1. The fourth-order valence-electron chi connectivity index (χ4n) is 2.71. The van der Waals surface area contributed by atoms with Crippen molar-refractivity contribution >= 4 is 34.3 Å². The minimum atomic E-state index is -0.134. The molecule has 1 aromatic carbocycles. The quantitative estimate of drug-likeness (QED) is 0.499. The number of nitrogens with zero attached hydrogens (tertiary/aromatic N) is 4. The molecule has 0 fully saturated rings. The van der Waals surface area contributed by atoms with Gasteiger partial charge >= 0.3 is 0 Å². The molecule has 3 aromatic rings. The molecule has 27 heavy (non-hydrogen) atoms. The smallest absolute Gasteiger partial charge is 0.263 e. The maximum absolute atomic E-state index is 12.8. The van der Waals surface area contributed by atoms with Gasteiger partial charge in [0.25, 0.3) is 5.56 Å². The Bertz CT molecular complexity index is 1050. The first-order valence-corrected chi connectivity index (χ1v) is 9.82. The van der Waals surface area contributed by atoms with E-state index in [0.29, 0.717) is 28.8 Å². The van der Waals surface area contributed by atoms with E-state index in [9.17, 15) is 9.59 Å². The minimum absolute atomic E-state index is 0.0540. The van der Waals surface area contributed by atoms with E-state index in [1.54, 1.807) is 12.1 Å². The Balaban J connectivity index is 1.99. The molecule has 2 aromatic heterocycles. The number of allylic oxidation sites excluding steroid dienone is 1. The number of amides is 1. The fourth-order valence-corrected chi connectivity index (χ4v) is 3.46. The number of benzene rings is 1. The summed E-state index contributed by atoms with van der Waals surface area (Å²) in [6, 6.07) is 7.43. The average molecular weight is 385 g/mol. The van der Waals surface area contributed by atoms with E-state index in [1.165, 1.54) is 16.3 Å². The number of carbonyl (C=O) groups excluding carboxylic acids is 1. The highest BCUT2D eigenvalue weighted by atomic mass is 32.2. The molecule has 142 valence electrons. The molecule has 0 unspecified atom stereocenters. The molecule has 1 atom stereocenters. The van der Waals surface area contributed by atoms with E-state index in [4.69, 9.17) is 0 Å². The number of rotatable bonds is 7. The lowest BCUT2D eigenvalue weighted by Gasteiger charge is -2.17. The number of para-hydroxylation sites is 1. The van der Waals surface area contributed by atoms with Gasteiger partial charge in [0.15, 0.2) is 5.16 Å². The Morgan fingerprint density at radius 1 is 1.30 bits per heavy atom. The van der Waals surface area contributed by atoms with Crippen molar-refractivity contribution < 1.29 is 4.79 Å². The lowest BCUT2D eigenvalue weighted by Crippen LogP contribution is -2.37. The second kappa shape index (κ2) is 7.96. The molecular formula is C19H23N5O2S. The monoisotopic (exact) mass is 385 g/mol. The van der Waals surface area contributed by atoms with Crippen molar-refractivity contribution in [2.24, 2.45) is 5.92 Å². The van der Waals surface area contributed by atoms with Gasteiger partial charge in [0.1, 0.15) is 0 Å². The first-order valence-electron chi connectivity index (χ1n) is 8.83. The van der Waals surface area contributed by atoms with Crippen molar-refractivity contribution in [2.45, 2.75) is 38.5 Å². The molecule has 0 spiro atoms. The van der Waals surface area contributed by atoms with E-state index in [0.717, 1.165) is 5.52 Å². The van der Waals surface area contributed by atoms with Gasteiger partial charge in [0.2, 0.25) is 11.7 Å². The second-order valence-electron chi connectivity index (χ2n) is 6.73. The van der Waals surface area contributed by atoms with Crippen molar-refractivity contribution in [3.63, 3.8) is 0 Å². The summed E-state index contributed by atoms with van der Waals surface area (Å²) in [4.78, 5) is 25.0. The van der Waals surface area contributed by atoms with Gasteiger partial charge in [-0.2, -0.15) is 0 Å². The lowest BCUT2D eigenvalue weighted by atomic mass is 10.1. The normalized spacial score (nSPS) is 12.6. The molecule has 0 bridgehead atoms. The summed E-state index contributed by atoms with van der Waals surface area (Å²) in [5.41, 5.74) is 0.590. The topological polar surface area (TPSA) is 81.3 Å². The number of thioether (sulfide) groups is 1. The summed E-state index contributed by atoms with van der Waals surface area (Å²) in [6.07, 6.45) is 1.65. The Kier molecular flexibility index (Phi) is 5.65. The molecule has 3 rings (SSSR count). The average Bonchev–Trinajstić information content (AvgIpc) is 3.07. The highest BCUT2D eigenvalue weighted by Gasteiger charge is 2.17.